The minimum atomic E-state index is 0.541. The van der Waals surface area contributed by atoms with Gasteiger partial charge in [-0.1, -0.05) is 39.8 Å². The summed E-state index contributed by atoms with van der Waals surface area (Å²) >= 11 is 0. The van der Waals surface area contributed by atoms with Crippen LogP contribution in [-0.4, -0.2) is 0 Å². The first-order chi connectivity index (χ1) is 5.38. The smallest absolute Gasteiger partial charge is 0.00975 e. The summed E-state index contributed by atoms with van der Waals surface area (Å²) in [6.07, 6.45) is 2.65. The van der Waals surface area contributed by atoms with Gasteiger partial charge in [-0.25, -0.2) is 0 Å². The average Bonchev–Trinajstić information content (AvgIpc) is 1.82. The number of hydrogen-bond acceptors (Lipinski definition) is 0. The maximum absolute atomic E-state index is 4.22. The lowest BCUT2D eigenvalue weighted by Gasteiger charge is -2.69. The number of fused-ring (bicyclic) bond motifs is 2. The van der Waals surface area contributed by atoms with E-state index in [-0.39, 0.29) is 0 Å². The molecule has 0 amide bonds. The Labute approximate surface area is 76.1 Å². The zero-order chi connectivity index (χ0) is 9.15. The van der Waals surface area contributed by atoms with Gasteiger partial charge in [-0.2, -0.15) is 0 Å². The van der Waals surface area contributed by atoms with E-state index in [9.17, 15) is 0 Å². The van der Waals surface area contributed by atoms with Gasteiger partial charge in [0.05, 0.1) is 0 Å². The highest BCUT2D eigenvalue weighted by atomic mass is 14.7. The van der Waals surface area contributed by atoms with Gasteiger partial charge in [-0.15, -0.1) is 0 Å². The van der Waals surface area contributed by atoms with E-state index in [1.54, 1.807) is 0 Å². The van der Waals surface area contributed by atoms with Crippen molar-refractivity contribution in [3.05, 3.63) is 12.2 Å². The summed E-state index contributed by atoms with van der Waals surface area (Å²) in [7, 11) is 0. The monoisotopic (exact) mass is 164 g/mol. The third kappa shape index (κ3) is 0.694. The van der Waals surface area contributed by atoms with Gasteiger partial charge < -0.3 is 0 Å². The maximum Gasteiger partial charge on any atom is -0.00975 e. The van der Waals surface area contributed by atoms with Crippen molar-refractivity contribution in [1.29, 1.82) is 0 Å². The van der Waals surface area contributed by atoms with E-state index in [4.69, 9.17) is 0 Å². The van der Waals surface area contributed by atoms with Crippen molar-refractivity contribution in [1.82, 2.24) is 0 Å². The minimum Gasteiger partial charge on any atom is -0.0995 e. The van der Waals surface area contributed by atoms with Crippen molar-refractivity contribution in [3.63, 3.8) is 0 Å². The molecule has 0 heterocycles. The molecule has 0 aromatic rings. The second-order valence-electron chi connectivity index (χ2n) is 5.83. The molecule has 0 spiro atoms. The Bertz CT molecular complexity index is 216. The summed E-state index contributed by atoms with van der Waals surface area (Å²) in [6.45, 7) is 13.9. The van der Waals surface area contributed by atoms with Crippen LogP contribution in [-0.2, 0) is 0 Å². The standard InChI is InChI=1S/C12H20/c1-8-6-7-9-11(2,3)10(8)12(9,4)5/h9-10H,1,6-7H2,2-5H3. The fourth-order valence-corrected chi connectivity index (χ4v) is 4.49. The molecule has 0 heteroatoms. The van der Waals surface area contributed by atoms with Gasteiger partial charge in [0.25, 0.3) is 0 Å². The first-order valence-electron chi connectivity index (χ1n) is 5.06. The zero-order valence-electron chi connectivity index (χ0n) is 8.78. The molecule has 0 unspecified atom stereocenters. The van der Waals surface area contributed by atoms with Crippen molar-refractivity contribution >= 4 is 0 Å². The summed E-state index contributed by atoms with van der Waals surface area (Å²) in [5.41, 5.74) is 2.59. The molecule has 12 heavy (non-hydrogen) atoms. The van der Waals surface area contributed by atoms with E-state index in [1.165, 1.54) is 18.4 Å². The SMILES string of the molecule is C=C1CCC2C(C)(C)C1C2(C)C. The zero-order valence-corrected chi connectivity index (χ0v) is 8.78. The summed E-state index contributed by atoms with van der Waals surface area (Å²) < 4.78 is 0. The second kappa shape index (κ2) is 1.97. The molecule has 0 radical (unpaired) electrons. The van der Waals surface area contributed by atoms with Crippen LogP contribution in [0, 0.1) is 22.7 Å². The van der Waals surface area contributed by atoms with E-state index in [2.05, 4.69) is 34.3 Å². The second-order valence-corrected chi connectivity index (χ2v) is 5.83. The molecule has 0 atom stereocenters. The highest BCUT2D eigenvalue weighted by Gasteiger charge is 2.63. The van der Waals surface area contributed by atoms with Crippen LogP contribution in [0.4, 0.5) is 0 Å². The van der Waals surface area contributed by atoms with Crippen LogP contribution in [0.15, 0.2) is 12.2 Å². The lowest BCUT2D eigenvalue weighted by atomic mass is 9.36. The van der Waals surface area contributed by atoms with E-state index in [0.717, 1.165) is 11.8 Å². The third-order valence-electron chi connectivity index (χ3n) is 4.45. The largest absolute Gasteiger partial charge is 0.0995 e. The summed E-state index contributed by atoms with van der Waals surface area (Å²) in [5, 5.41) is 0. The van der Waals surface area contributed by atoms with Gasteiger partial charge in [0.2, 0.25) is 0 Å². The summed E-state index contributed by atoms with van der Waals surface area (Å²) in [6, 6.07) is 0. The Morgan fingerprint density at radius 3 is 1.92 bits per heavy atom. The highest BCUT2D eigenvalue weighted by molar-refractivity contribution is 5.25. The Balaban J connectivity index is 2.37. The van der Waals surface area contributed by atoms with Gasteiger partial charge in [0, 0.05) is 0 Å². The van der Waals surface area contributed by atoms with E-state index in [1.807, 2.05) is 0 Å². The first kappa shape index (κ1) is 8.34. The molecule has 3 aliphatic rings. The normalized spacial score (nSPS) is 42.2. The van der Waals surface area contributed by atoms with Gasteiger partial charge in [-0.05, 0) is 35.5 Å². The fraction of sp³-hybridized carbons (Fsp3) is 0.833. The lowest BCUT2D eigenvalue weighted by Crippen LogP contribution is -2.62. The molecular formula is C12H20. The number of rotatable bonds is 0. The van der Waals surface area contributed by atoms with Crippen molar-refractivity contribution in [2.75, 3.05) is 0 Å². The van der Waals surface area contributed by atoms with Crippen LogP contribution in [0.1, 0.15) is 40.5 Å². The van der Waals surface area contributed by atoms with Crippen LogP contribution in [0.2, 0.25) is 0 Å². The third-order valence-corrected chi connectivity index (χ3v) is 4.45. The molecule has 0 N–H and O–H groups in total. The van der Waals surface area contributed by atoms with Crippen LogP contribution in [0.5, 0.6) is 0 Å². The van der Waals surface area contributed by atoms with E-state index < -0.39 is 0 Å². The average molecular weight is 164 g/mol. The molecule has 0 aromatic carbocycles. The van der Waals surface area contributed by atoms with Crippen molar-refractivity contribution < 1.29 is 0 Å². The van der Waals surface area contributed by atoms with Crippen LogP contribution in [0.25, 0.3) is 0 Å². The molecule has 0 aliphatic heterocycles. The van der Waals surface area contributed by atoms with Gasteiger partial charge in [0.15, 0.2) is 0 Å². The molecule has 3 aliphatic carbocycles. The van der Waals surface area contributed by atoms with Gasteiger partial charge in [-0.3, -0.25) is 0 Å². The Morgan fingerprint density at radius 1 is 1.17 bits per heavy atom. The van der Waals surface area contributed by atoms with E-state index in [0.29, 0.717) is 10.8 Å². The van der Waals surface area contributed by atoms with Crippen LogP contribution >= 0.6 is 0 Å². The Morgan fingerprint density at radius 2 is 1.67 bits per heavy atom. The molecule has 68 valence electrons. The quantitative estimate of drug-likeness (QED) is 0.479. The Hall–Kier alpha value is -0.260. The fourth-order valence-electron chi connectivity index (χ4n) is 4.49. The van der Waals surface area contributed by atoms with Crippen LogP contribution < -0.4 is 0 Å². The van der Waals surface area contributed by atoms with Gasteiger partial charge in [0.1, 0.15) is 0 Å². The van der Waals surface area contributed by atoms with Crippen molar-refractivity contribution in [3.8, 4) is 0 Å². The minimum absolute atomic E-state index is 0.541. The molecule has 3 fully saturated rings. The number of allylic oxidation sites excluding steroid dienone is 1. The summed E-state index contributed by atoms with van der Waals surface area (Å²) in [4.78, 5) is 0. The summed E-state index contributed by atoms with van der Waals surface area (Å²) in [5.74, 6) is 1.71. The van der Waals surface area contributed by atoms with E-state index >= 15 is 0 Å². The molecule has 0 aromatic heterocycles. The number of hydrogen-bond donors (Lipinski definition) is 0. The molecule has 0 nitrogen and oxygen atoms in total. The molecule has 0 saturated heterocycles. The first-order valence-corrected chi connectivity index (χ1v) is 5.06. The molecule has 2 bridgehead atoms. The van der Waals surface area contributed by atoms with Crippen LogP contribution in [0.3, 0.4) is 0 Å². The lowest BCUT2D eigenvalue weighted by molar-refractivity contribution is -0.165. The van der Waals surface area contributed by atoms with Gasteiger partial charge >= 0.3 is 0 Å². The Kier molecular flexibility index (Phi) is 1.37. The predicted molar refractivity (Wildman–Crippen MR) is 52.9 cm³/mol. The predicted octanol–water partition coefficient (Wildman–Crippen LogP) is 3.63. The molecular weight excluding hydrogens is 144 g/mol. The van der Waals surface area contributed by atoms with Crippen molar-refractivity contribution in [2.45, 2.75) is 40.5 Å². The topological polar surface area (TPSA) is 0 Å². The molecule has 3 rings (SSSR count). The molecule has 3 saturated carbocycles. The van der Waals surface area contributed by atoms with Crippen molar-refractivity contribution in [2.24, 2.45) is 22.7 Å². The highest BCUT2D eigenvalue weighted by Crippen LogP contribution is 2.70. The maximum atomic E-state index is 4.22.